The first-order chi connectivity index (χ1) is 13.2. The summed E-state index contributed by atoms with van der Waals surface area (Å²) in [4.78, 5) is 20.9. The smallest absolute Gasteiger partial charge is 0.274 e. The lowest BCUT2D eigenvalue weighted by atomic mass is 10.2. The second kappa shape index (κ2) is 8.80. The van der Waals surface area contributed by atoms with E-state index in [0.717, 1.165) is 6.42 Å². The number of hydrogen-bond donors (Lipinski definition) is 2. The van der Waals surface area contributed by atoms with Crippen LogP contribution in [0.1, 0.15) is 30.8 Å². The fourth-order valence-electron chi connectivity index (χ4n) is 2.38. The van der Waals surface area contributed by atoms with Gasteiger partial charge >= 0.3 is 0 Å². The Kier molecular flexibility index (Phi) is 5.99. The highest BCUT2D eigenvalue weighted by Crippen LogP contribution is 2.29. The van der Waals surface area contributed by atoms with Crippen LogP contribution in [0.5, 0.6) is 11.5 Å². The average Bonchev–Trinajstić information content (AvgIpc) is 2.70. The van der Waals surface area contributed by atoms with Gasteiger partial charge in [-0.25, -0.2) is 9.97 Å². The maximum Gasteiger partial charge on any atom is 0.274 e. The molecular weight excluding hydrogens is 340 g/mol. The van der Waals surface area contributed by atoms with E-state index in [9.17, 15) is 4.79 Å². The highest BCUT2D eigenvalue weighted by atomic mass is 16.5. The number of rotatable bonds is 7. The van der Waals surface area contributed by atoms with E-state index in [-0.39, 0.29) is 17.6 Å². The molecule has 3 aromatic rings. The van der Waals surface area contributed by atoms with Crippen molar-refractivity contribution < 1.29 is 9.53 Å². The summed E-state index contributed by atoms with van der Waals surface area (Å²) in [7, 11) is 0. The first-order valence-electron chi connectivity index (χ1n) is 8.87. The predicted octanol–water partition coefficient (Wildman–Crippen LogP) is 4.73. The summed E-state index contributed by atoms with van der Waals surface area (Å²) in [6.07, 6.45) is 2.34. The van der Waals surface area contributed by atoms with Crippen LogP contribution in [0.2, 0.25) is 0 Å². The van der Waals surface area contributed by atoms with Gasteiger partial charge in [0.25, 0.3) is 5.91 Å². The van der Waals surface area contributed by atoms with Gasteiger partial charge in [0, 0.05) is 12.1 Å². The van der Waals surface area contributed by atoms with Crippen molar-refractivity contribution in [2.75, 3.05) is 10.6 Å². The van der Waals surface area contributed by atoms with Crippen molar-refractivity contribution in [1.82, 2.24) is 9.97 Å². The van der Waals surface area contributed by atoms with Crippen molar-refractivity contribution in [2.24, 2.45) is 0 Å². The zero-order valence-electron chi connectivity index (χ0n) is 15.3. The second-order valence-electron chi connectivity index (χ2n) is 6.11. The number of amides is 1. The number of carbonyl (C=O) groups is 1. The second-order valence-corrected chi connectivity index (χ2v) is 6.11. The van der Waals surface area contributed by atoms with Crippen molar-refractivity contribution in [3.8, 4) is 11.5 Å². The lowest BCUT2D eigenvalue weighted by molar-refractivity contribution is 0.102. The summed E-state index contributed by atoms with van der Waals surface area (Å²) in [5, 5.41) is 6.10. The summed E-state index contributed by atoms with van der Waals surface area (Å²) < 4.78 is 5.88. The Morgan fingerprint density at radius 3 is 2.59 bits per heavy atom. The van der Waals surface area contributed by atoms with Crippen LogP contribution in [-0.2, 0) is 0 Å². The molecule has 1 amide bonds. The standard InChI is InChI=1S/C21H22N4O2/c1-3-15(2)24-20-13-18(22-14-23-20)21(26)25-17-11-7-8-12-19(17)27-16-9-5-4-6-10-16/h4-15H,3H2,1-2H3,(H,25,26)(H,22,23,24). The van der Waals surface area contributed by atoms with Gasteiger partial charge in [-0.1, -0.05) is 37.3 Å². The Bertz CT molecular complexity index is 899. The van der Waals surface area contributed by atoms with Crippen LogP contribution in [0.3, 0.4) is 0 Å². The average molecular weight is 362 g/mol. The molecule has 0 aliphatic heterocycles. The van der Waals surface area contributed by atoms with Crippen LogP contribution >= 0.6 is 0 Å². The zero-order chi connectivity index (χ0) is 19.1. The Morgan fingerprint density at radius 2 is 1.81 bits per heavy atom. The molecule has 138 valence electrons. The SMILES string of the molecule is CCC(C)Nc1cc(C(=O)Nc2ccccc2Oc2ccccc2)ncn1. The minimum absolute atomic E-state index is 0.260. The van der Waals surface area contributed by atoms with Crippen molar-refractivity contribution in [1.29, 1.82) is 0 Å². The minimum Gasteiger partial charge on any atom is -0.455 e. The van der Waals surface area contributed by atoms with Gasteiger partial charge in [-0.15, -0.1) is 0 Å². The summed E-state index contributed by atoms with van der Waals surface area (Å²) >= 11 is 0. The first-order valence-corrected chi connectivity index (χ1v) is 8.87. The van der Waals surface area contributed by atoms with E-state index in [2.05, 4.69) is 34.4 Å². The molecule has 2 N–H and O–H groups in total. The number of carbonyl (C=O) groups excluding carboxylic acids is 1. The third kappa shape index (κ3) is 5.04. The molecule has 0 bridgehead atoms. The van der Waals surface area contributed by atoms with Crippen molar-refractivity contribution in [3.63, 3.8) is 0 Å². The highest BCUT2D eigenvalue weighted by molar-refractivity contribution is 6.04. The normalized spacial score (nSPS) is 11.5. The number of hydrogen-bond acceptors (Lipinski definition) is 5. The maximum absolute atomic E-state index is 12.6. The number of ether oxygens (including phenoxy) is 1. The van der Waals surface area contributed by atoms with E-state index in [1.165, 1.54) is 6.33 Å². The summed E-state index contributed by atoms with van der Waals surface area (Å²) in [6.45, 7) is 4.13. The molecule has 0 saturated carbocycles. The molecule has 1 aromatic heterocycles. The van der Waals surface area contributed by atoms with Gasteiger partial charge in [0.05, 0.1) is 5.69 Å². The lowest BCUT2D eigenvalue weighted by Crippen LogP contribution is -2.18. The Labute approximate surface area is 158 Å². The highest BCUT2D eigenvalue weighted by Gasteiger charge is 2.13. The van der Waals surface area contributed by atoms with E-state index in [1.54, 1.807) is 18.2 Å². The molecule has 1 heterocycles. The number of aromatic nitrogens is 2. The van der Waals surface area contributed by atoms with E-state index in [1.807, 2.05) is 42.5 Å². The zero-order valence-corrected chi connectivity index (χ0v) is 15.3. The van der Waals surface area contributed by atoms with Crippen LogP contribution in [-0.4, -0.2) is 21.9 Å². The third-order valence-corrected chi connectivity index (χ3v) is 4.01. The molecule has 6 nitrogen and oxygen atoms in total. The van der Waals surface area contributed by atoms with Crippen molar-refractivity contribution in [3.05, 3.63) is 72.7 Å². The molecule has 0 fully saturated rings. The topological polar surface area (TPSA) is 76.1 Å². The van der Waals surface area contributed by atoms with Crippen LogP contribution in [0, 0.1) is 0 Å². The number of nitrogens with zero attached hydrogens (tertiary/aromatic N) is 2. The van der Waals surface area contributed by atoms with Gasteiger partial charge in [-0.05, 0) is 37.6 Å². The summed E-state index contributed by atoms with van der Waals surface area (Å²) in [5.41, 5.74) is 0.853. The predicted molar refractivity (Wildman–Crippen MR) is 106 cm³/mol. The maximum atomic E-state index is 12.6. The lowest BCUT2D eigenvalue weighted by Gasteiger charge is -2.13. The van der Waals surface area contributed by atoms with Crippen molar-refractivity contribution >= 4 is 17.4 Å². The van der Waals surface area contributed by atoms with Gasteiger partial charge in [0.2, 0.25) is 0 Å². The fourth-order valence-corrected chi connectivity index (χ4v) is 2.38. The van der Waals surface area contributed by atoms with Crippen LogP contribution in [0.4, 0.5) is 11.5 Å². The monoisotopic (exact) mass is 362 g/mol. The van der Waals surface area contributed by atoms with Crippen LogP contribution in [0.25, 0.3) is 0 Å². The molecule has 1 unspecified atom stereocenters. The molecule has 0 spiro atoms. The van der Waals surface area contributed by atoms with E-state index < -0.39 is 0 Å². The van der Waals surface area contributed by atoms with E-state index in [0.29, 0.717) is 23.0 Å². The molecule has 2 aromatic carbocycles. The van der Waals surface area contributed by atoms with Gasteiger partial charge in [-0.2, -0.15) is 0 Å². The molecule has 0 aliphatic carbocycles. The molecule has 1 atom stereocenters. The molecule has 27 heavy (non-hydrogen) atoms. The molecule has 0 aliphatic rings. The van der Waals surface area contributed by atoms with Gasteiger partial charge in [0.1, 0.15) is 23.6 Å². The summed E-state index contributed by atoms with van der Waals surface area (Å²) in [5.74, 6) is 1.55. The van der Waals surface area contributed by atoms with E-state index in [4.69, 9.17) is 4.74 Å². The number of nitrogens with one attached hydrogen (secondary N) is 2. The fraction of sp³-hybridized carbons (Fsp3) is 0.190. The van der Waals surface area contributed by atoms with E-state index >= 15 is 0 Å². The van der Waals surface area contributed by atoms with Gasteiger partial charge in [-0.3, -0.25) is 4.79 Å². The number of benzene rings is 2. The number of anilines is 2. The van der Waals surface area contributed by atoms with Gasteiger partial charge in [0.15, 0.2) is 5.75 Å². The molecule has 3 rings (SSSR count). The van der Waals surface area contributed by atoms with Gasteiger partial charge < -0.3 is 15.4 Å². The Hall–Kier alpha value is -3.41. The molecule has 6 heteroatoms. The largest absolute Gasteiger partial charge is 0.455 e. The quantitative estimate of drug-likeness (QED) is 0.635. The molecule has 0 saturated heterocycles. The summed E-state index contributed by atoms with van der Waals surface area (Å²) in [6, 6.07) is 18.6. The Balaban J connectivity index is 1.76. The van der Waals surface area contributed by atoms with Crippen LogP contribution < -0.4 is 15.4 Å². The molecule has 0 radical (unpaired) electrons. The Morgan fingerprint density at radius 1 is 1.07 bits per heavy atom. The van der Waals surface area contributed by atoms with Crippen molar-refractivity contribution in [2.45, 2.75) is 26.3 Å². The third-order valence-electron chi connectivity index (χ3n) is 4.01. The number of para-hydroxylation sites is 3. The van der Waals surface area contributed by atoms with Crippen LogP contribution in [0.15, 0.2) is 67.0 Å². The minimum atomic E-state index is -0.325. The molecular formula is C21H22N4O2. The first kappa shape index (κ1) is 18.4.